The van der Waals surface area contributed by atoms with E-state index in [0.717, 1.165) is 18.4 Å². The standard InChI is InChI=1S/C30H30N2O2/c1-31-34-27(22-8-4-3-5-9-22)20-32(2)28(33)13-7-10-21-14-15-25-17-16-23-11-6-12-24-18-19-26(21)30(25)29(23)24/h3-6,8-9,11-12,14-19,27,31H,7,10,13,20H2,1-2H3. The van der Waals surface area contributed by atoms with E-state index in [2.05, 4.69) is 60.1 Å². The van der Waals surface area contributed by atoms with Crippen LogP contribution in [0.5, 0.6) is 0 Å². The fraction of sp³-hybridized carbons (Fsp3) is 0.233. The van der Waals surface area contributed by atoms with Crippen LogP contribution < -0.4 is 5.48 Å². The summed E-state index contributed by atoms with van der Waals surface area (Å²) in [6, 6.07) is 29.8. The highest BCUT2D eigenvalue weighted by molar-refractivity contribution is 6.23. The molecule has 0 saturated heterocycles. The van der Waals surface area contributed by atoms with Gasteiger partial charge in [0.25, 0.3) is 0 Å². The van der Waals surface area contributed by atoms with Gasteiger partial charge in [0, 0.05) is 20.5 Å². The Balaban J connectivity index is 1.28. The first-order valence-electron chi connectivity index (χ1n) is 11.9. The van der Waals surface area contributed by atoms with E-state index in [1.807, 2.05) is 37.4 Å². The molecule has 0 aliphatic rings. The number of carbonyl (C=O) groups is 1. The molecule has 5 aromatic rings. The minimum Gasteiger partial charge on any atom is -0.343 e. The van der Waals surface area contributed by atoms with E-state index in [4.69, 9.17) is 4.84 Å². The minimum atomic E-state index is -0.210. The van der Waals surface area contributed by atoms with Crippen molar-refractivity contribution in [1.82, 2.24) is 10.4 Å². The molecule has 1 atom stereocenters. The van der Waals surface area contributed by atoms with Crippen molar-refractivity contribution >= 4 is 38.2 Å². The molecular weight excluding hydrogens is 420 g/mol. The van der Waals surface area contributed by atoms with Gasteiger partial charge in [-0.05, 0) is 56.3 Å². The number of nitrogens with one attached hydrogen (secondary N) is 1. The second-order valence-corrected chi connectivity index (χ2v) is 8.93. The summed E-state index contributed by atoms with van der Waals surface area (Å²) < 4.78 is 0. The van der Waals surface area contributed by atoms with Crippen molar-refractivity contribution in [3.8, 4) is 0 Å². The predicted octanol–water partition coefficient (Wildman–Crippen LogP) is 6.26. The highest BCUT2D eigenvalue weighted by Crippen LogP contribution is 2.36. The Labute approximate surface area is 200 Å². The number of nitrogens with zero attached hydrogens (tertiary/aromatic N) is 1. The van der Waals surface area contributed by atoms with Gasteiger partial charge in [0.15, 0.2) is 0 Å². The number of rotatable bonds is 9. The van der Waals surface area contributed by atoms with Crippen LogP contribution in [0.25, 0.3) is 32.3 Å². The number of benzene rings is 5. The van der Waals surface area contributed by atoms with Gasteiger partial charge in [-0.15, -0.1) is 0 Å². The number of hydrogen-bond acceptors (Lipinski definition) is 3. The first-order chi connectivity index (χ1) is 16.7. The van der Waals surface area contributed by atoms with Gasteiger partial charge in [-0.1, -0.05) is 84.9 Å². The van der Waals surface area contributed by atoms with E-state index >= 15 is 0 Å². The van der Waals surface area contributed by atoms with Crippen molar-refractivity contribution in [3.63, 3.8) is 0 Å². The third-order valence-corrected chi connectivity index (χ3v) is 6.75. The third kappa shape index (κ3) is 4.35. The maximum Gasteiger partial charge on any atom is 0.222 e. The van der Waals surface area contributed by atoms with Crippen molar-refractivity contribution in [1.29, 1.82) is 0 Å². The van der Waals surface area contributed by atoms with E-state index in [-0.39, 0.29) is 12.0 Å². The topological polar surface area (TPSA) is 41.6 Å². The summed E-state index contributed by atoms with van der Waals surface area (Å²) in [7, 11) is 3.60. The number of hydroxylamine groups is 1. The molecule has 4 nitrogen and oxygen atoms in total. The van der Waals surface area contributed by atoms with Crippen molar-refractivity contribution in [2.75, 3.05) is 20.6 Å². The van der Waals surface area contributed by atoms with Gasteiger partial charge in [-0.25, -0.2) is 5.48 Å². The molecule has 0 aliphatic heterocycles. The Hall–Kier alpha value is -3.47. The molecule has 172 valence electrons. The molecule has 34 heavy (non-hydrogen) atoms. The molecule has 1 amide bonds. The fourth-order valence-electron chi connectivity index (χ4n) is 5.01. The van der Waals surface area contributed by atoms with Gasteiger partial charge in [-0.3, -0.25) is 9.63 Å². The number of amides is 1. The van der Waals surface area contributed by atoms with Gasteiger partial charge in [-0.2, -0.15) is 0 Å². The Bertz CT molecular complexity index is 1400. The molecule has 0 aliphatic carbocycles. The van der Waals surface area contributed by atoms with E-state index < -0.39 is 0 Å². The summed E-state index contributed by atoms with van der Waals surface area (Å²) >= 11 is 0. The lowest BCUT2D eigenvalue weighted by Gasteiger charge is -2.24. The van der Waals surface area contributed by atoms with Crippen LogP contribution in [0.2, 0.25) is 0 Å². The summed E-state index contributed by atoms with van der Waals surface area (Å²) in [4.78, 5) is 20.4. The summed E-state index contributed by atoms with van der Waals surface area (Å²) in [5.74, 6) is 0.137. The summed E-state index contributed by atoms with van der Waals surface area (Å²) in [5.41, 5.74) is 5.13. The lowest BCUT2D eigenvalue weighted by Crippen LogP contribution is -2.33. The van der Waals surface area contributed by atoms with E-state index in [1.54, 1.807) is 11.9 Å². The van der Waals surface area contributed by atoms with Crippen LogP contribution in [0.1, 0.15) is 30.1 Å². The zero-order valence-corrected chi connectivity index (χ0v) is 19.8. The van der Waals surface area contributed by atoms with E-state index in [0.29, 0.717) is 13.0 Å². The monoisotopic (exact) mass is 450 g/mol. The number of aryl methyl sites for hydroxylation is 1. The normalized spacial score (nSPS) is 12.5. The van der Waals surface area contributed by atoms with Crippen LogP contribution in [0.15, 0.2) is 84.9 Å². The van der Waals surface area contributed by atoms with E-state index in [9.17, 15) is 4.79 Å². The maximum absolute atomic E-state index is 12.9. The van der Waals surface area contributed by atoms with Gasteiger partial charge in [0.2, 0.25) is 5.91 Å². The largest absolute Gasteiger partial charge is 0.343 e. The van der Waals surface area contributed by atoms with Gasteiger partial charge >= 0.3 is 0 Å². The van der Waals surface area contributed by atoms with Crippen LogP contribution >= 0.6 is 0 Å². The quantitative estimate of drug-likeness (QED) is 0.213. The number of hydrogen-bond donors (Lipinski definition) is 1. The Kier molecular flexibility index (Phi) is 6.43. The predicted molar refractivity (Wildman–Crippen MR) is 140 cm³/mol. The molecule has 0 spiro atoms. The van der Waals surface area contributed by atoms with Gasteiger partial charge in [0.05, 0.1) is 6.54 Å². The number of likely N-dealkylation sites (N-methyl/N-ethyl adjacent to an activating group) is 1. The highest BCUT2D eigenvalue weighted by atomic mass is 16.7. The Morgan fingerprint density at radius 1 is 0.853 bits per heavy atom. The minimum absolute atomic E-state index is 0.137. The first kappa shape index (κ1) is 22.3. The summed E-state index contributed by atoms with van der Waals surface area (Å²) in [6.07, 6.45) is 2.00. The van der Waals surface area contributed by atoms with Crippen LogP contribution in [0, 0.1) is 0 Å². The average molecular weight is 451 g/mol. The zero-order chi connectivity index (χ0) is 23.5. The number of carbonyl (C=O) groups excluding carboxylic acids is 1. The second-order valence-electron chi connectivity index (χ2n) is 8.93. The Morgan fingerprint density at radius 2 is 1.53 bits per heavy atom. The Morgan fingerprint density at radius 3 is 2.26 bits per heavy atom. The van der Waals surface area contributed by atoms with Crippen molar-refractivity contribution in [2.24, 2.45) is 0 Å². The summed E-state index contributed by atoms with van der Waals surface area (Å²) in [6.45, 7) is 0.502. The van der Waals surface area contributed by atoms with Gasteiger partial charge < -0.3 is 4.90 Å². The molecule has 0 saturated carbocycles. The molecular formula is C30H30N2O2. The van der Waals surface area contributed by atoms with Crippen LogP contribution in [0.4, 0.5) is 0 Å². The molecule has 5 rings (SSSR count). The third-order valence-electron chi connectivity index (χ3n) is 6.75. The molecule has 1 N–H and O–H groups in total. The van der Waals surface area contributed by atoms with Crippen LogP contribution in [0.3, 0.4) is 0 Å². The van der Waals surface area contributed by atoms with Crippen LogP contribution in [-0.4, -0.2) is 31.4 Å². The first-order valence-corrected chi connectivity index (χ1v) is 11.9. The summed E-state index contributed by atoms with van der Waals surface area (Å²) in [5, 5.41) is 7.81. The molecule has 5 aromatic carbocycles. The molecule has 0 fully saturated rings. The van der Waals surface area contributed by atoms with Crippen molar-refractivity contribution in [2.45, 2.75) is 25.4 Å². The second kappa shape index (κ2) is 9.80. The zero-order valence-electron chi connectivity index (χ0n) is 19.8. The lowest BCUT2D eigenvalue weighted by molar-refractivity contribution is -0.133. The van der Waals surface area contributed by atoms with Crippen molar-refractivity contribution in [3.05, 3.63) is 96.1 Å². The fourth-order valence-corrected chi connectivity index (χ4v) is 5.01. The smallest absolute Gasteiger partial charge is 0.222 e. The SMILES string of the molecule is CNOC(CN(C)C(=O)CCCc1ccc2ccc3cccc4ccc1c2c34)c1ccccc1. The molecule has 0 bridgehead atoms. The molecule has 1 unspecified atom stereocenters. The molecule has 0 radical (unpaired) electrons. The van der Waals surface area contributed by atoms with E-state index in [1.165, 1.54) is 37.9 Å². The average Bonchev–Trinajstić information content (AvgIpc) is 2.88. The molecule has 4 heteroatoms. The van der Waals surface area contributed by atoms with Crippen molar-refractivity contribution < 1.29 is 9.63 Å². The maximum atomic E-state index is 12.9. The lowest BCUT2D eigenvalue weighted by atomic mass is 9.90. The van der Waals surface area contributed by atoms with Crippen LogP contribution in [-0.2, 0) is 16.1 Å². The van der Waals surface area contributed by atoms with Gasteiger partial charge in [0.1, 0.15) is 6.10 Å². The molecule has 0 heterocycles. The molecule has 0 aromatic heterocycles. The highest BCUT2D eigenvalue weighted by Gasteiger charge is 2.18.